The van der Waals surface area contributed by atoms with Crippen molar-refractivity contribution in [2.75, 3.05) is 30.4 Å². The summed E-state index contributed by atoms with van der Waals surface area (Å²) < 4.78 is 5.48. The van der Waals surface area contributed by atoms with Crippen LogP contribution in [-0.2, 0) is 0 Å². The number of ether oxygens (including phenoxy) is 1. The van der Waals surface area contributed by atoms with Gasteiger partial charge in [-0.2, -0.15) is 4.98 Å². The molecule has 0 unspecified atom stereocenters. The van der Waals surface area contributed by atoms with Crippen LogP contribution in [0.25, 0.3) is 11.3 Å². The maximum atomic E-state index is 5.48. The monoisotopic (exact) mass is 374 g/mol. The highest BCUT2D eigenvalue weighted by Crippen LogP contribution is 2.29. The van der Waals surface area contributed by atoms with E-state index in [1.807, 2.05) is 48.5 Å². The van der Waals surface area contributed by atoms with Crippen molar-refractivity contribution in [3.63, 3.8) is 0 Å². The predicted molar refractivity (Wildman–Crippen MR) is 114 cm³/mol. The van der Waals surface area contributed by atoms with Gasteiger partial charge < -0.3 is 15.0 Å². The van der Waals surface area contributed by atoms with Gasteiger partial charge in [0.05, 0.1) is 18.5 Å². The Kier molecular flexibility index (Phi) is 5.71. The summed E-state index contributed by atoms with van der Waals surface area (Å²) in [6.45, 7) is 2.01. The molecule has 28 heavy (non-hydrogen) atoms. The number of methoxy groups -OCH3 is 1. The number of nitrogens with one attached hydrogen (secondary N) is 1. The number of aromatic nitrogens is 2. The fourth-order valence-corrected chi connectivity index (χ4v) is 3.55. The second-order valence-electron chi connectivity index (χ2n) is 7.03. The number of hydrogen-bond acceptors (Lipinski definition) is 5. The SMILES string of the molecule is COc1ccccc1Nc1cc(-c2ccccc2)nc(N2CCCCCC2)n1. The summed E-state index contributed by atoms with van der Waals surface area (Å²) in [4.78, 5) is 12.1. The molecule has 0 radical (unpaired) electrons. The molecule has 144 valence electrons. The quantitative estimate of drug-likeness (QED) is 0.659. The van der Waals surface area contributed by atoms with Crippen LogP contribution in [0.15, 0.2) is 60.7 Å². The van der Waals surface area contributed by atoms with Crippen molar-refractivity contribution in [3.8, 4) is 17.0 Å². The van der Waals surface area contributed by atoms with E-state index in [4.69, 9.17) is 14.7 Å². The first-order valence-corrected chi connectivity index (χ1v) is 9.93. The van der Waals surface area contributed by atoms with Crippen molar-refractivity contribution < 1.29 is 4.74 Å². The maximum absolute atomic E-state index is 5.48. The molecule has 2 aromatic carbocycles. The minimum absolute atomic E-state index is 0.776. The third-order valence-electron chi connectivity index (χ3n) is 5.04. The van der Waals surface area contributed by atoms with Crippen LogP contribution in [-0.4, -0.2) is 30.2 Å². The van der Waals surface area contributed by atoms with E-state index in [-0.39, 0.29) is 0 Å². The number of nitrogens with zero attached hydrogens (tertiary/aromatic N) is 3. The first-order chi connectivity index (χ1) is 13.8. The number of rotatable bonds is 5. The van der Waals surface area contributed by atoms with Gasteiger partial charge in [0.25, 0.3) is 0 Å². The van der Waals surface area contributed by atoms with Gasteiger partial charge in [0.1, 0.15) is 11.6 Å². The van der Waals surface area contributed by atoms with Crippen molar-refractivity contribution in [3.05, 3.63) is 60.7 Å². The zero-order valence-electron chi connectivity index (χ0n) is 16.3. The van der Waals surface area contributed by atoms with E-state index in [1.165, 1.54) is 25.7 Å². The van der Waals surface area contributed by atoms with Crippen LogP contribution < -0.4 is 15.0 Å². The van der Waals surface area contributed by atoms with Crippen LogP contribution in [0, 0.1) is 0 Å². The van der Waals surface area contributed by atoms with Crippen molar-refractivity contribution in [2.45, 2.75) is 25.7 Å². The molecule has 4 rings (SSSR count). The van der Waals surface area contributed by atoms with Gasteiger partial charge in [-0.3, -0.25) is 0 Å². The molecule has 3 aromatic rings. The van der Waals surface area contributed by atoms with E-state index in [2.05, 4.69) is 22.3 Å². The summed E-state index contributed by atoms with van der Waals surface area (Å²) in [5.74, 6) is 2.36. The normalized spacial score (nSPS) is 14.4. The van der Waals surface area contributed by atoms with E-state index >= 15 is 0 Å². The topological polar surface area (TPSA) is 50.3 Å². The second-order valence-corrected chi connectivity index (χ2v) is 7.03. The molecule has 2 heterocycles. The zero-order valence-corrected chi connectivity index (χ0v) is 16.3. The van der Waals surface area contributed by atoms with Gasteiger partial charge in [0, 0.05) is 24.7 Å². The highest BCUT2D eigenvalue weighted by molar-refractivity contribution is 5.70. The van der Waals surface area contributed by atoms with E-state index in [0.717, 1.165) is 47.5 Å². The summed E-state index contributed by atoms with van der Waals surface area (Å²) in [6.07, 6.45) is 4.94. The Balaban J connectivity index is 1.73. The lowest BCUT2D eigenvalue weighted by Gasteiger charge is -2.22. The lowest BCUT2D eigenvalue weighted by atomic mass is 10.1. The molecule has 0 atom stereocenters. The Morgan fingerprint density at radius 2 is 1.57 bits per heavy atom. The highest BCUT2D eigenvalue weighted by Gasteiger charge is 2.16. The number of para-hydroxylation sites is 2. The Labute approximate surface area is 166 Å². The Morgan fingerprint density at radius 3 is 2.32 bits per heavy atom. The van der Waals surface area contributed by atoms with E-state index < -0.39 is 0 Å². The van der Waals surface area contributed by atoms with Gasteiger partial charge in [0.15, 0.2) is 0 Å². The molecule has 0 amide bonds. The summed E-state index contributed by atoms with van der Waals surface area (Å²) in [6, 6.07) is 20.2. The largest absolute Gasteiger partial charge is 0.495 e. The standard InChI is InChI=1S/C23H26N4O/c1-28-21-14-8-7-13-19(21)24-22-17-20(18-11-5-4-6-12-18)25-23(26-22)27-15-9-2-3-10-16-27/h4-8,11-14,17H,2-3,9-10,15-16H2,1H3,(H,24,25,26). The Morgan fingerprint density at radius 1 is 0.857 bits per heavy atom. The smallest absolute Gasteiger partial charge is 0.227 e. The van der Waals surface area contributed by atoms with Gasteiger partial charge in [-0.05, 0) is 25.0 Å². The molecule has 1 aromatic heterocycles. The van der Waals surface area contributed by atoms with Crippen molar-refractivity contribution in [1.29, 1.82) is 0 Å². The third kappa shape index (κ3) is 4.25. The van der Waals surface area contributed by atoms with Crippen molar-refractivity contribution in [1.82, 2.24) is 9.97 Å². The first-order valence-electron chi connectivity index (χ1n) is 9.93. The first kappa shape index (κ1) is 18.3. The van der Waals surface area contributed by atoms with Gasteiger partial charge in [-0.1, -0.05) is 55.3 Å². The summed E-state index contributed by atoms with van der Waals surface area (Å²) in [7, 11) is 1.68. The molecule has 0 spiro atoms. The fourth-order valence-electron chi connectivity index (χ4n) is 3.55. The van der Waals surface area contributed by atoms with Crippen LogP contribution >= 0.6 is 0 Å². The molecule has 0 aliphatic carbocycles. The van der Waals surface area contributed by atoms with Gasteiger partial charge >= 0.3 is 0 Å². The van der Waals surface area contributed by atoms with Gasteiger partial charge in [0.2, 0.25) is 5.95 Å². The molecular formula is C23H26N4O. The highest BCUT2D eigenvalue weighted by atomic mass is 16.5. The van der Waals surface area contributed by atoms with E-state index in [0.29, 0.717) is 0 Å². The summed E-state index contributed by atoms with van der Waals surface area (Å²) >= 11 is 0. The Hall–Kier alpha value is -3.08. The minimum Gasteiger partial charge on any atom is -0.495 e. The van der Waals surface area contributed by atoms with Gasteiger partial charge in [-0.25, -0.2) is 4.98 Å². The molecular weight excluding hydrogens is 348 g/mol. The predicted octanol–water partition coefficient (Wildman–Crippen LogP) is 5.28. The zero-order chi connectivity index (χ0) is 19.2. The van der Waals surface area contributed by atoms with Gasteiger partial charge in [-0.15, -0.1) is 0 Å². The average molecular weight is 374 g/mol. The second kappa shape index (κ2) is 8.74. The van der Waals surface area contributed by atoms with E-state index in [1.54, 1.807) is 7.11 Å². The minimum atomic E-state index is 0.776. The number of anilines is 3. The molecule has 5 heteroatoms. The molecule has 5 nitrogen and oxygen atoms in total. The average Bonchev–Trinajstić information content (AvgIpc) is 3.04. The molecule has 1 saturated heterocycles. The lowest BCUT2D eigenvalue weighted by molar-refractivity contribution is 0.417. The maximum Gasteiger partial charge on any atom is 0.227 e. The molecule has 0 bridgehead atoms. The van der Waals surface area contributed by atoms with Crippen LogP contribution in [0.4, 0.5) is 17.5 Å². The number of benzene rings is 2. The fraction of sp³-hybridized carbons (Fsp3) is 0.304. The van der Waals surface area contributed by atoms with E-state index in [9.17, 15) is 0 Å². The Bertz CT molecular complexity index is 905. The molecule has 1 N–H and O–H groups in total. The van der Waals surface area contributed by atoms with Crippen molar-refractivity contribution >= 4 is 17.5 Å². The third-order valence-corrected chi connectivity index (χ3v) is 5.04. The number of hydrogen-bond donors (Lipinski definition) is 1. The van der Waals surface area contributed by atoms with Crippen LogP contribution in [0.1, 0.15) is 25.7 Å². The molecule has 1 aliphatic rings. The molecule has 1 aliphatic heterocycles. The van der Waals surface area contributed by atoms with Crippen LogP contribution in [0.5, 0.6) is 5.75 Å². The lowest BCUT2D eigenvalue weighted by Crippen LogP contribution is -2.26. The van der Waals surface area contributed by atoms with Crippen LogP contribution in [0.3, 0.4) is 0 Å². The molecule has 1 fully saturated rings. The van der Waals surface area contributed by atoms with Crippen LogP contribution in [0.2, 0.25) is 0 Å². The van der Waals surface area contributed by atoms with Crippen molar-refractivity contribution in [2.24, 2.45) is 0 Å². The summed E-state index contributed by atoms with van der Waals surface area (Å²) in [5, 5.41) is 3.43. The molecule has 0 saturated carbocycles. The summed E-state index contributed by atoms with van der Waals surface area (Å²) in [5.41, 5.74) is 2.90.